The van der Waals surface area contributed by atoms with Crippen molar-refractivity contribution in [3.8, 4) is 0 Å². The van der Waals surface area contributed by atoms with Gasteiger partial charge < -0.3 is 4.90 Å². The van der Waals surface area contributed by atoms with E-state index in [9.17, 15) is 8.78 Å². The second-order valence-electron chi connectivity index (χ2n) is 4.57. The zero-order valence-corrected chi connectivity index (χ0v) is 11.1. The van der Waals surface area contributed by atoms with Crippen molar-refractivity contribution in [1.29, 1.82) is 0 Å². The lowest BCUT2D eigenvalue weighted by Gasteiger charge is -2.31. The number of rotatable bonds is 5. The molecule has 0 bridgehead atoms. The average molecular weight is 272 g/mol. The molecule has 0 spiro atoms. The molecule has 0 amide bonds. The first-order valence-electron chi connectivity index (χ1n) is 6.30. The van der Waals surface area contributed by atoms with Crippen LogP contribution in [0.4, 0.5) is 8.78 Å². The Morgan fingerprint density at radius 3 is 2.72 bits per heavy atom. The molecule has 100 valence electrons. The van der Waals surface area contributed by atoms with Gasteiger partial charge in [-0.2, -0.15) is 0 Å². The Hall–Kier alpha value is -0.680. The fourth-order valence-corrected chi connectivity index (χ4v) is 2.79. The maximum atomic E-state index is 12.9. The first-order valence-corrected chi connectivity index (χ1v) is 7.28. The Morgan fingerprint density at radius 2 is 2.06 bits per heavy atom. The summed E-state index contributed by atoms with van der Waals surface area (Å²) in [5, 5.41) is 1.03. The van der Waals surface area contributed by atoms with Gasteiger partial charge in [0.25, 0.3) is 5.92 Å². The largest absolute Gasteiger partial charge is 0.303 e. The van der Waals surface area contributed by atoms with Gasteiger partial charge in [0, 0.05) is 37.9 Å². The third kappa shape index (κ3) is 4.53. The Labute approximate surface area is 111 Å². The second-order valence-corrected chi connectivity index (χ2v) is 5.68. The van der Waals surface area contributed by atoms with Gasteiger partial charge in [-0.3, -0.25) is 0 Å². The lowest BCUT2D eigenvalue weighted by Crippen LogP contribution is -2.39. The summed E-state index contributed by atoms with van der Waals surface area (Å²) in [4.78, 5) is 6.37. The van der Waals surface area contributed by atoms with Crippen LogP contribution in [0, 0.1) is 0 Å². The molecule has 0 aromatic carbocycles. The van der Waals surface area contributed by atoms with Crippen molar-refractivity contribution in [3.05, 3.63) is 24.4 Å². The minimum Gasteiger partial charge on any atom is -0.303 e. The summed E-state index contributed by atoms with van der Waals surface area (Å²) in [6, 6.07) is 5.87. The van der Waals surface area contributed by atoms with Crippen molar-refractivity contribution in [1.82, 2.24) is 9.88 Å². The predicted molar refractivity (Wildman–Crippen MR) is 70.2 cm³/mol. The quantitative estimate of drug-likeness (QED) is 0.604. The van der Waals surface area contributed by atoms with Gasteiger partial charge >= 0.3 is 0 Å². The van der Waals surface area contributed by atoms with Gasteiger partial charge in [0.05, 0.1) is 5.03 Å². The van der Waals surface area contributed by atoms with E-state index in [1.54, 1.807) is 18.0 Å². The van der Waals surface area contributed by atoms with Crippen LogP contribution in [0.15, 0.2) is 29.4 Å². The molecule has 2 rings (SSSR count). The number of thioether (sulfide) groups is 1. The molecule has 0 saturated carbocycles. The van der Waals surface area contributed by atoms with Gasteiger partial charge in [-0.25, -0.2) is 13.8 Å². The highest BCUT2D eigenvalue weighted by Gasteiger charge is 2.33. The molecule has 1 aromatic rings. The molecule has 1 saturated heterocycles. The van der Waals surface area contributed by atoms with Gasteiger partial charge in [-0.15, -0.1) is 11.8 Å². The number of hydrogen-bond donors (Lipinski definition) is 0. The Morgan fingerprint density at radius 1 is 1.28 bits per heavy atom. The van der Waals surface area contributed by atoms with Crippen molar-refractivity contribution in [2.75, 3.05) is 25.4 Å². The second kappa shape index (κ2) is 6.48. The summed E-state index contributed by atoms with van der Waals surface area (Å²) < 4.78 is 25.9. The molecule has 0 N–H and O–H groups in total. The highest BCUT2D eigenvalue weighted by atomic mass is 32.2. The molecular weight excluding hydrogens is 254 g/mol. The molecule has 1 aliphatic heterocycles. The van der Waals surface area contributed by atoms with E-state index in [0.717, 1.165) is 23.7 Å². The maximum absolute atomic E-state index is 12.9. The third-order valence-electron chi connectivity index (χ3n) is 3.09. The number of nitrogens with zero attached hydrogens (tertiary/aromatic N) is 2. The van der Waals surface area contributed by atoms with E-state index in [1.807, 2.05) is 18.2 Å². The van der Waals surface area contributed by atoms with E-state index in [2.05, 4.69) is 9.88 Å². The zero-order chi connectivity index (χ0) is 12.8. The Balaban J connectivity index is 1.59. The van der Waals surface area contributed by atoms with Gasteiger partial charge in [0.2, 0.25) is 0 Å². The lowest BCUT2D eigenvalue weighted by molar-refractivity contribution is -0.0549. The number of halogens is 2. The van der Waals surface area contributed by atoms with Crippen LogP contribution in [-0.2, 0) is 0 Å². The number of aromatic nitrogens is 1. The van der Waals surface area contributed by atoms with Crippen molar-refractivity contribution in [2.45, 2.75) is 30.2 Å². The molecular formula is C13H18F2N2S. The van der Waals surface area contributed by atoms with E-state index in [4.69, 9.17) is 0 Å². The van der Waals surface area contributed by atoms with Crippen LogP contribution in [0.5, 0.6) is 0 Å². The fourth-order valence-electron chi connectivity index (χ4n) is 2.00. The van der Waals surface area contributed by atoms with Crippen LogP contribution in [0.2, 0.25) is 0 Å². The number of piperidine rings is 1. The lowest BCUT2D eigenvalue weighted by atomic mass is 10.1. The summed E-state index contributed by atoms with van der Waals surface area (Å²) in [6.07, 6.45) is 2.84. The molecule has 0 radical (unpaired) electrons. The highest BCUT2D eigenvalue weighted by molar-refractivity contribution is 7.99. The van der Waals surface area contributed by atoms with Crippen LogP contribution in [0.3, 0.4) is 0 Å². The third-order valence-corrected chi connectivity index (χ3v) is 4.12. The Bertz CT molecular complexity index is 349. The maximum Gasteiger partial charge on any atom is 0.250 e. The predicted octanol–water partition coefficient (Wildman–Crippen LogP) is 3.29. The van der Waals surface area contributed by atoms with Crippen molar-refractivity contribution in [2.24, 2.45) is 0 Å². The van der Waals surface area contributed by atoms with Crippen LogP contribution in [-0.4, -0.2) is 41.2 Å². The van der Waals surface area contributed by atoms with Crippen LogP contribution in [0.1, 0.15) is 19.3 Å². The average Bonchev–Trinajstić information content (AvgIpc) is 2.37. The molecule has 1 aromatic heterocycles. The van der Waals surface area contributed by atoms with E-state index in [0.29, 0.717) is 13.1 Å². The standard InChI is InChI=1S/C13H18F2N2S/c14-13(15)5-9-17(10-6-13)8-3-11-18-12-4-1-2-7-16-12/h1-2,4,7H,3,5-6,8-11H2. The summed E-state index contributed by atoms with van der Waals surface area (Å²) >= 11 is 1.72. The van der Waals surface area contributed by atoms with Gasteiger partial charge in [-0.1, -0.05) is 6.07 Å². The summed E-state index contributed by atoms with van der Waals surface area (Å²) in [7, 11) is 0. The van der Waals surface area contributed by atoms with Crippen molar-refractivity contribution < 1.29 is 8.78 Å². The number of alkyl halides is 2. The molecule has 1 aliphatic rings. The van der Waals surface area contributed by atoms with Gasteiger partial charge in [0.1, 0.15) is 0 Å². The first kappa shape index (κ1) is 13.7. The fraction of sp³-hybridized carbons (Fsp3) is 0.615. The number of pyridine rings is 1. The highest BCUT2D eigenvalue weighted by Crippen LogP contribution is 2.27. The minimum absolute atomic E-state index is 0.0143. The molecule has 18 heavy (non-hydrogen) atoms. The SMILES string of the molecule is FC1(F)CCN(CCCSc2ccccn2)CC1. The van der Waals surface area contributed by atoms with Crippen LogP contribution >= 0.6 is 11.8 Å². The summed E-state index contributed by atoms with van der Waals surface area (Å²) in [6.45, 7) is 1.97. The van der Waals surface area contributed by atoms with Gasteiger partial charge in [-0.05, 0) is 25.1 Å². The van der Waals surface area contributed by atoms with Crippen molar-refractivity contribution in [3.63, 3.8) is 0 Å². The zero-order valence-electron chi connectivity index (χ0n) is 10.3. The first-order chi connectivity index (χ1) is 8.66. The normalized spacial score (nSPS) is 19.9. The topological polar surface area (TPSA) is 16.1 Å². The molecule has 2 heterocycles. The number of hydrogen-bond acceptors (Lipinski definition) is 3. The smallest absolute Gasteiger partial charge is 0.250 e. The van der Waals surface area contributed by atoms with E-state index in [-0.39, 0.29) is 12.8 Å². The molecule has 0 aliphatic carbocycles. The summed E-state index contributed by atoms with van der Waals surface area (Å²) in [5.41, 5.74) is 0. The molecule has 0 atom stereocenters. The molecule has 5 heteroatoms. The molecule has 2 nitrogen and oxygen atoms in total. The van der Waals surface area contributed by atoms with E-state index >= 15 is 0 Å². The van der Waals surface area contributed by atoms with E-state index in [1.165, 1.54) is 0 Å². The minimum atomic E-state index is -2.43. The van der Waals surface area contributed by atoms with E-state index < -0.39 is 5.92 Å². The van der Waals surface area contributed by atoms with Crippen LogP contribution in [0.25, 0.3) is 0 Å². The monoisotopic (exact) mass is 272 g/mol. The number of likely N-dealkylation sites (tertiary alicyclic amines) is 1. The van der Waals surface area contributed by atoms with Crippen molar-refractivity contribution >= 4 is 11.8 Å². The molecule has 0 unspecified atom stereocenters. The van der Waals surface area contributed by atoms with Gasteiger partial charge in [0.15, 0.2) is 0 Å². The summed E-state index contributed by atoms with van der Waals surface area (Å²) in [5.74, 6) is -1.44. The molecule has 1 fully saturated rings. The Kier molecular flexibility index (Phi) is 4.95. The van der Waals surface area contributed by atoms with Crippen LogP contribution < -0.4 is 0 Å².